The number of ether oxygens (including phenoxy) is 2. The average Bonchev–Trinajstić information content (AvgIpc) is 2.33. The second-order valence-electron chi connectivity index (χ2n) is 2.10. The normalized spacial score (nSPS) is 14.1. The van der Waals surface area contributed by atoms with Crippen molar-refractivity contribution in [2.24, 2.45) is 5.10 Å². The van der Waals surface area contributed by atoms with Crippen LogP contribution >= 0.6 is 0 Å². The zero-order valence-corrected chi connectivity index (χ0v) is 7.19. The summed E-state index contributed by atoms with van der Waals surface area (Å²) in [6.07, 6.45) is 5.52. The van der Waals surface area contributed by atoms with Crippen molar-refractivity contribution >= 4 is 12.4 Å². The van der Waals surface area contributed by atoms with E-state index < -0.39 is 6.16 Å². The summed E-state index contributed by atoms with van der Waals surface area (Å²) >= 11 is 0. The third-order valence-electron chi connectivity index (χ3n) is 1.17. The molecule has 0 fully saturated rings. The number of carbonyl (C=O) groups excluding carboxylic acids is 1. The second kappa shape index (κ2) is 4.97. The average molecular weight is 182 g/mol. The standard InChI is InChI=1S/C8H10N2O3/c1-2-12-8(11)13-7-4-3-5-9-10-6-7/h3-6,10H,2H2,1H3. The zero-order chi connectivity index (χ0) is 9.52. The maximum Gasteiger partial charge on any atom is 0.513 e. The van der Waals surface area contributed by atoms with Crippen molar-refractivity contribution < 1.29 is 14.3 Å². The lowest BCUT2D eigenvalue weighted by molar-refractivity contribution is 0.0838. The SMILES string of the molecule is CCOC(=O)OC1=CNN=CC=C1. The van der Waals surface area contributed by atoms with Gasteiger partial charge in [0.25, 0.3) is 0 Å². The number of rotatable bonds is 2. The molecule has 1 aliphatic rings. The highest BCUT2D eigenvalue weighted by atomic mass is 16.7. The smallest absolute Gasteiger partial charge is 0.434 e. The number of nitrogens with zero attached hydrogens (tertiary/aromatic N) is 1. The Kier molecular flexibility index (Phi) is 3.56. The van der Waals surface area contributed by atoms with Crippen molar-refractivity contribution in [3.8, 4) is 0 Å². The Hall–Kier alpha value is -1.78. The van der Waals surface area contributed by atoms with Gasteiger partial charge in [-0.3, -0.25) is 5.43 Å². The van der Waals surface area contributed by atoms with Gasteiger partial charge < -0.3 is 9.47 Å². The van der Waals surface area contributed by atoms with Crippen LogP contribution in [0.5, 0.6) is 0 Å². The maximum absolute atomic E-state index is 10.8. The van der Waals surface area contributed by atoms with Gasteiger partial charge in [0, 0.05) is 6.21 Å². The Bertz CT molecular complexity index is 269. The van der Waals surface area contributed by atoms with E-state index in [1.807, 2.05) is 0 Å². The number of allylic oxidation sites excluding steroid dienone is 2. The number of hydrogen-bond acceptors (Lipinski definition) is 5. The lowest BCUT2D eigenvalue weighted by Crippen LogP contribution is -2.07. The number of hydrogen-bond donors (Lipinski definition) is 1. The van der Waals surface area contributed by atoms with Crippen molar-refractivity contribution in [1.82, 2.24) is 5.43 Å². The molecule has 0 aromatic heterocycles. The van der Waals surface area contributed by atoms with Gasteiger partial charge in [0.2, 0.25) is 0 Å². The Morgan fingerprint density at radius 3 is 3.31 bits per heavy atom. The summed E-state index contributed by atoms with van der Waals surface area (Å²) in [5.74, 6) is 0.357. The quantitative estimate of drug-likeness (QED) is 0.650. The molecule has 0 aromatic rings. The molecule has 0 saturated carbocycles. The lowest BCUT2D eigenvalue weighted by Gasteiger charge is -2.03. The molecule has 0 amide bonds. The van der Waals surface area contributed by atoms with Crippen molar-refractivity contribution in [3.05, 3.63) is 24.1 Å². The summed E-state index contributed by atoms with van der Waals surface area (Å²) in [5.41, 5.74) is 2.56. The molecule has 0 atom stereocenters. The highest BCUT2D eigenvalue weighted by Gasteiger charge is 2.04. The van der Waals surface area contributed by atoms with E-state index in [4.69, 9.17) is 4.74 Å². The van der Waals surface area contributed by atoms with Crippen LogP contribution < -0.4 is 5.43 Å². The van der Waals surface area contributed by atoms with E-state index in [2.05, 4.69) is 15.3 Å². The molecule has 5 nitrogen and oxygen atoms in total. The van der Waals surface area contributed by atoms with Crippen molar-refractivity contribution in [1.29, 1.82) is 0 Å². The third-order valence-corrected chi connectivity index (χ3v) is 1.17. The number of carbonyl (C=O) groups is 1. The topological polar surface area (TPSA) is 59.9 Å². The highest BCUT2D eigenvalue weighted by molar-refractivity contribution is 5.72. The minimum absolute atomic E-state index is 0.291. The Morgan fingerprint density at radius 2 is 2.54 bits per heavy atom. The maximum atomic E-state index is 10.8. The molecule has 1 N–H and O–H groups in total. The van der Waals surface area contributed by atoms with Gasteiger partial charge in [-0.05, 0) is 19.1 Å². The van der Waals surface area contributed by atoms with Crippen LogP contribution in [-0.2, 0) is 9.47 Å². The van der Waals surface area contributed by atoms with Crippen LogP contribution in [0.3, 0.4) is 0 Å². The first-order chi connectivity index (χ1) is 6.33. The van der Waals surface area contributed by atoms with Gasteiger partial charge in [-0.25, -0.2) is 4.79 Å². The molecule has 0 radical (unpaired) electrons. The van der Waals surface area contributed by atoms with Gasteiger partial charge in [-0.15, -0.1) is 0 Å². The summed E-state index contributed by atoms with van der Waals surface area (Å²) < 4.78 is 9.36. The van der Waals surface area contributed by atoms with Gasteiger partial charge in [-0.1, -0.05) is 0 Å². The summed E-state index contributed by atoms with van der Waals surface area (Å²) in [4.78, 5) is 10.8. The van der Waals surface area contributed by atoms with Gasteiger partial charge in [-0.2, -0.15) is 5.10 Å². The van der Waals surface area contributed by atoms with Crippen LogP contribution in [0.25, 0.3) is 0 Å². The van der Waals surface area contributed by atoms with Crippen LogP contribution in [-0.4, -0.2) is 19.0 Å². The molecule has 13 heavy (non-hydrogen) atoms. The molecule has 0 aliphatic carbocycles. The first-order valence-corrected chi connectivity index (χ1v) is 3.83. The largest absolute Gasteiger partial charge is 0.513 e. The van der Waals surface area contributed by atoms with Crippen LogP contribution in [0, 0.1) is 0 Å². The summed E-state index contributed by atoms with van der Waals surface area (Å²) in [6, 6.07) is 0. The molecule has 1 aliphatic heterocycles. The predicted molar refractivity (Wildman–Crippen MR) is 47.0 cm³/mol. The van der Waals surface area contributed by atoms with Crippen LogP contribution in [0.2, 0.25) is 0 Å². The van der Waals surface area contributed by atoms with E-state index in [0.29, 0.717) is 12.4 Å². The molecular weight excluding hydrogens is 172 g/mol. The first-order valence-electron chi connectivity index (χ1n) is 3.83. The number of nitrogens with one attached hydrogen (secondary N) is 1. The Balaban J connectivity index is 2.44. The third kappa shape index (κ3) is 3.42. The van der Waals surface area contributed by atoms with E-state index in [-0.39, 0.29) is 0 Å². The monoisotopic (exact) mass is 182 g/mol. The minimum Gasteiger partial charge on any atom is -0.434 e. The van der Waals surface area contributed by atoms with Crippen LogP contribution in [0.1, 0.15) is 6.92 Å². The zero-order valence-electron chi connectivity index (χ0n) is 7.19. The molecule has 70 valence electrons. The van der Waals surface area contributed by atoms with Crippen molar-refractivity contribution in [2.75, 3.05) is 6.61 Å². The van der Waals surface area contributed by atoms with Crippen LogP contribution in [0.4, 0.5) is 4.79 Å². The molecular formula is C8H10N2O3. The summed E-state index contributed by atoms with van der Waals surface area (Å²) in [5, 5.41) is 3.70. The Labute approximate surface area is 75.7 Å². The summed E-state index contributed by atoms with van der Waals surface area (Å²) in [7, 11) is 0. The summed E-state index contributed by atoms with van der Waals surface area (Å²) in [6.45, 7) is 2.00. The highest BCUT2D eigenvalue weighted by Crippen LogP contribution is 2.01. The molecule has 0 bridgehead atoms. The fourth-order valence-electron chi connectivity index (χ4n) is 0.680. The van der Waals surface area contributed by atoms with Gasteiger partial charge in [0.05, 0.1) is 12.8 Å². The molecule has 5 heteroatoms. The van der Waals surface area contributed by atoms with Gasteiger partial charge >= 0.3 is 6.16 Å². The molecule has 0 aromatic carbocycles. The number of hydrazone groups is 1. The molecule has 0 unspecified atom stereocenters. The van der Waals surface area contributed by atoms with E-state index in [1.54, 1.807) is 19.1 Å². The fraction of sp³-hybridized carbons (Fsp3) is 0.250. The molecule has 1 rings (SSSR count). The van der Waals surface area contributed by atoms with E-state index in [1.165, 1.54) is 12.4 Å². The predicted octanol–water partition coefficient (Wildman–Crippen LogP) is 1.15. The molecule has 1 heterocycles. The minimum atomic E-state index is -0.720. The molecule has 0 spiro atoms. The molecule has 0 saturated heterocycles. The fourth-order valence-corrected chi connectivity index (χ4v) is 0.680. The lowest BCUT2D eigenvalue weighted by atomic mass is 10.4. The Morgan fingerprint density at radius 1 is 1.69 bits per heavy atom. The van der Waals surface area contributed by atoms with Crippen LogP contribution in [0.15, 0.2) is 29.2 Å². The van der Waals surface area contributed by atoms with E-state index in [9.17, 15) is 4.79 Å². The second-order valence-corrected chi connectivity index (χ2v) is 2.10. The van der Waals surface area contributed by atoms with Crippen molar-refractivity contribution in [3.63, 3.8) is 0 Å². The van der Waals surface area contributed by atoms with E-state index >= 15 is 0 Å². The van der Waals surface area contributed by atoms with Gasteiger partial charge in [0.1, 0.15) is 0 Å². The van der Waals surface area contributed by atoms with Crippen molar-refractivity contribution in [2.45, 2.75) is 6.92 Å². The van der Waals surface area contributed by atoms with Gasteiger partial charge in [0.15, 0.2) is 5.76 Å². The first kappa shape index (κ1) is 9.31. The van der Waals surface area contributed by atoms with E-state index in [0.717, 1.165) is 0 Å².